The first kappa shape index (κ1) is 22.9. The molecule has 0 fully saturated rings. The number of likely N-dealkylation sites (N-methyl/N-ethyl adjacent to an activating group) is 1. The largest absolute Gasteiger partial charge is 0.348 e. The molecule has 160 valence electrons. The Bertz CT molecular complexity index is 896. The Morgan fingerprint density at radius 3 is 2.40 bits per heavy atom. The van der Waals surface area contributed by atoms with Gasteiger partial charge in [0.2, 0.25) is 5.91 Å². The highest BCUT2D eigenvalue weighted by molar-refractivity contribution is 6.03. The summed E-state index contributed by atoms with van der Waals surface area (Å²) in [6.45, 7) is 4.28. The second kappa shape index (κ2) is 11.0. The van der Waals surface area contributed by atoms with E-state index < -0.39 is 0 Å². The van der Waals surface area contributed by atoms with Crippen molar-refractivity contribution >= 4 is 29.2 Å². The Morgan fingerprint density at radius 1 is 0.967 bits per heavy atom. The summed E-state index contributed by atoms with van der Waals surface area (Å²) < 4.78 is 0. The van der Waals surface area contributed by atoms with Gasteiger partial charge in [0.15, 0.2) is 0 Å². The van der Waals surface area contributed by atoms with Crippen LogP contribution in [0.4, 0.5) is 16.2 Å². The van der Waals surface area contributed by atoms with Crippen LogP contribution in [0.5, 0.6) is 0 Å². The molecule has 0 atom stereocenters. The first-order valence-electron chi connectivity index (χ1n) is 9.73. The first-order valence-corrected chi connectivity index (χ1v) is 9.73. The predicted octanol–water partition coefficient (Wildman–Crippen LogP) is 2.65. The normalized spacial score (nSPS) is 10.6. The second-order valence-electron chi connectivity index (χ2n) is 7.47. The molecule has 2 aromatic carbocycles. The zero-order valence-corrected chi connectivity index (χ0v) is 17.8. The Balaban J connectivity index is 2.00. The van der Waals surface area contributed by atoms with Crippen LogP contribution >= 0.6 is 0 Å². The van der Waals surface area contributed by atoms with Crippen LogP contribution in [0.2, 0.25) is 0 Å². The molecule has 0 saturated carbocycles. The molecule has 30 heavy (non-hydrogen) atoms. The highest BCUT2D eigenvalue weighted by Gasteiger charge is 2.13. The van der Waals surface area contributed by atoms with Gasteiger partial charge in [-0.15, -0.1) is 0 Å². The van der Waals surface area contributed by atoms with E-state index in [1.165, 1.54) is 0 Å². The number of rotatable bonds is 8. The van der Waals surface area contributed by atoms with E-state index in [1.807, 2.05) is 46.1 Å². The van der Waals surface area contributed by atoms with Crippen molar-refractivity contribution in [3.8, 4) is 0 Å². The number of anilines is 2. The quantitative estimate of drug-likeness (QED) is 0.536. The lowest BCUT2D eigenvalue weighted by Gasteiger charge is -2.14. The van der Waals surface area contributed by atoms with Crippen molar-refractivity contribution in [1.29, 1.82) is 0 Å². The molecular weight excluding hydrogens is 382 g/mol. The van der Waals surface area contributed by atoms with E-state index in [0.717, 1.165) is 5.56 Å². The van der Waals surface area contributed by atoms with Crippen molar-refractivity contribution in [2.24, 2.45) is 0 Å². The molecule has 0 spiro atoms. The van der Waals surface area contributed by atoms with Crippen molar-refractivity contribution in [3.05, 3.63) is 59.7 Å². The number of hydrogen-bond acceptors (Lipinski definition) is 4. The smallest absolute Gasteiger partial charge is 0.319 e. The van der Waals surface area contributed by atoms with Crippen molar-refractivity contribution in [2.45, 2.75) is 26.4 Å². The first-order chi connectivity index (χ1) is 14.2. The minimum Gasteiger partial charge on any atom is -0.348 e. The number of amides is 4. The molecule has 0 aromatic heterocycles. The number of urea groups is 1. The molecule has 2 aromatic rings. The molecular formula is C22H29N5O3. The van der Waals surface area contributed by atoms with Gasteiger partial charge in [-0.25, -0.2) is 4.79 Å². The fourth-order valence-corrected chi connectivity index (χ4v) is 2.74. The van der Waals surface area contributed by atoms with E-state index in [-0.39, 0.29) is 37.0 Å². The molecule has 0 aliphatic heterocycles. The summed E-state index contributed by atoms with van der Waals surface area (Å²) in [5.41, 5.74) is 2.31. The van der Waals surface area contributed by atoms with E-state index >= 15 is 0 Å². The lowest BCUT2D eigenvalue weighted by molar-refractivity contribution is -0.116. The average Bonchev–Trinajstić information content (AvgIpc) is 2.65. The maximum Gasteiger partial charge on any atom is 0.319 e. The molecule has 4 amide bonds. The zero-order valence-electron chi connectivity index (χ0n) is 17.8. The number of benzene rings is 2. The summed E-state index contributed by atoms with van der Waals surface area (Å²) in [7, 11) is 3.65. The molecule has 2 rings (SSSR count). The summed E-state index contributed by atoms with van der Waals surface area (Å²) in [4.78, 5) is 38.3. The Morgan fingerprint density at radius 2 is 1.70 bits per heavy atom. The van der Waals surface area contributed by atoms with Crippen molar-refractivity contribution < 1.29 is 14.4 Å². The molecule has 0 saturated heterocycles. The van der Waals surface area contributed by atoms with Gasteiger partial charge in [-0.1, -0.05) is 24.3 Å². The van der Waals surface area contributed by atoms with E-state index in [1.54, 1.807) is 35.2 Å². The zero-order chi connectivity index (χ0) is 22.1. The number of para-hydroxylation sites is 1. The second-order valence-corrected chi connectivity index (χ2v) is 7.47. The van der Waals surface area contributed by atoms with Gasteiger partial charge in [-0.05, 0) is 57.8 Å². The molecule has 0 bridgehead atoms. The monoisotopic (exact) mass is 411 g/mol. The van der Waals surface area contributed by atoms with E-state index in [9.17, 15) is 14.4 Å². The van der Waals surface area contributed by atoms with Gasteiger partial charge >= 0.3 is 6.03 Å². The van der Waals surface area contributed by atoms with Crippen LogP contribution in [0.25, 0.3) is 0 Å². The molecule has 0 unspecified atom stereocenters. The molecule has 8 nitrogen and oxygen atoms in total. The van der Waals surface area contributed by atoms with E-state index in [4.69, 9.17) is 0 Å². The molecule has 0 radical (unpaired) electrons. The Kier molecular flexibility index (Phi) is 8.37. The summed E-state index contributed by atoms with van der Waals surface area (Å²) in [5.74, 6) is -0.418. The van der Waals surface area contributed by atoms with Gasteiger partial charge in [0, 0.05) is 18.3 Å². The summed E-state index contributed by atoms with van der Waals surface area (Å²) in [6, 6.07) is 13.7. The topological polar surface area (TPSA) is 103 Å². The maximum absolute atomic E-state index is 12.7. The summed E-state index contributed by atoms with van der Waals surface area (Å²) >= 11 is 0. The van der Waals surface area contributed by atoms with E-state index in [2.05, 4.69) is 21.3 Å². The number of carbonyl (C=O) groups excluding carboxylic acids is 3. The summed E-state index contributed by atoms with van der Waals surface area (Å²) in [5, 5.41) is 11.1. The van der Waals surface area contributed by atoms with Gasteiger partial charge in [-0.3, -0.25) is 9.59 Å². The van der Waals surface area contributed by atoms with Crippen LogP contribution in [0.15, 0.2) is 48.5 Å². The minimum absolute atomic E-state index is 0.0171. The number of nitrogens with one attached hydrogen (secondary N) is 4. The van der Waals surface area contributed by atoms with Gasteiger partial charge < -0.3 is 26.2 Å². The molecule has 4 N–H and O–H groups in total. The minimum atomic E-state index is -0.369. The lowest BCUT2D eigenvalue weighted by atomic mass is 10.1. The van der Waals surface area contributed by atoms with Crippen LogP contribution in [-0.2, 0) is 11.3 Å². The van der Waals surface area contributed by atoms with Crippen molar-refractivity contribution in [3.63, 3.8) is 0 Å². The van der Waals surface area contributed by atoms with E-state index in [0.29, 0.717) is 16.9 Å². The van der Waals surface area contributed by atoms with Crippen LogP contribution in [-0.4, -0.2) is 49.4 Å². The third-order valence-corrected chi connectivity index (χ3v) is 3.96. The fraction of sp³-hybridized carbons (Fsp3) is 0.318. The van der Waals surface area contributed by atoms with Crippen LogP contribution in [0, 0.1) is 0 Å². The van der Waals surface area contributed by atoms with Crippen LogP contribution in [0.3, 0.4) is 0 Å². The van der Waals surface area contributed by atoms with Crippen LogP contribution < -0.4 is 21.3 Å². The number of nitrogens with zero attached hydrogens (tertiary/aromatic N) is 1. The Hall–Kier alpha value is -3.39. The van der Waals surface area contributed by atoms with Crippen molar-refractivity contribution in [1.82, 2.24) is 15.5 Å². The molecule has 0 aliphatic carbocycles. The number of carbonyl (C=O) groups is 3. The molecule has 0 aliphatic rings. The van der Waals surface area contributed by atoms with Crippen LogP contribution in [0.1, 0.15) is 29.8 Å². The van der Waals surface area contributed by atoms with Gasteiger partial charge in [0.05, 0.1) is 17.8 Å². The third-order valence-electron chi connectivity index (χ3n) is 3.96. The maximum atomic E-state index is 12.7. The predicted molar refractivity (Wildman–Crippen MR) is 119 cm³/mol. The summed E-state index contributed by atoms with van der Waals surface area (Å²) in [6.07, 6.45) is 0. The van der Waals surface area contributed by atoms with Gasteiger partial charge in [0.1, 0.15) is 0 Å². The number of hydrogen-bond donors (Lipinski definition) is 4. The highest BCUT2D eigenvalue weighted by atomic mass is 16.2. The molecule has 0 heterocycles. The van der Waals surface area contributed by atoms with Gasteiger partial charge in [-0.2, -0.15) is 0 Å². The van der Waals surface area contributed by atoms with Crippen molar-refractivity contribution in [2.75, 3.05) is 31.3 Å². The SMILES string of the molecule is CC(C)NC(=O)Nc1ccccc1C(=O)NCc1cccc(NC(=O)CN(C)C)c1. The Labute approximate surface area is 177 Å². The highest BCUT2D eigenvalue weighted by Crippen LogP contribution is 2.16. The lowest BCUT2D eigenvalue weighted by Crippen LogP contribution is -2.35. The standard InChI is InChI=1S/C22H29N5O3/c1-15(2)24-22(30)26-19-11-6-5-10-18(19)21(29)23-13-16-8-7-9-17(12-16)25-20(28)14-27(3)4/h5-12,15H,13-14H2,1-4H3,(H,23,29)(H,25,28)(H2,24,26,30). The van der Waals surface area contributed by atoms with Gasteiger partial charge in [0.25, 0.3) is 5.91 Å². The average molecular weight is 412 g/mol. The fourth-order valence-electron chi connectivity index (χ4n) is 2.74. The third kappa shape index (κ3) is 7.56. The molecule has 8 heteroatoms.